The second kappa shape index (κ2) is 16.4. The number of fused-ring (bicyclic) bond motifs is 1. The third-order valence-electron chi connectivity index (χ3n) is 9.17. The molecule has 1 aliphatic rings. The Hall–Kier alpha value is -3.24. The van der Waals surface area contributed by atoms with E-state index in [1.165, 1.54) is 17.4 Å². The van der Waals surface area contributed by atoms with E-state index in [2.05, 4.69) is 45.6 Å². The number of nitrogens with zero attached hydrogens (tertiary/aromatic N) is 3. The molecule has 7 heteroatoms. The molecule has 1 aromatic carbocycles. The van der Waals surface area contributed by atoms with Crippen LogP contribution < -0.4 is 0 Å². The largest absolute Gasteiger partial charge is 0.481 e. The van der Waals surface area contributed by atoms with Crippen molar-refractivity contribution in [2.45, 2.75) is 106 Å². The van der Waals surface area contributed by atoms with Gasteiger partial charge in [-0.05, 0) is 87.1 Å². The van der Waals surface area contributed by atoms with Crippen LogP contribution >= 0.6 is 11.3 Å². The zero-order chi connectivity index (χ0) is 33.4. The van der Waals surface area contributed by atoms with Gasteiger partial charge in [0.05, 0.1) is 23.1 Å². The first-order valence-electron chi connectivity index (χ1n) is 16.5. The lowest BCUT2D eigenvalue weighted by molar-refractivity contribution is 0.187. The molecule has 0 radical (unpaired) electrons. The number of thiophene rings is 1. The molecule has 0 spiro atoms. The molecule has 0 fully saturated rings. The van der Waals surface area contributed by atoms with E-state index in [1.807, 2.05) is 33.8 Å². The summed E-state index contributed by atoms with van der Waals surface area (Å²) in [6.07, 6.45) is 10.0. The SMILES string of the molecule is CC/C=C(/N=C1/C=C(c2ccc(F)c3sc(C(C)CC)c(C#N)c23)C(F)=C/C1=C(/C)N(CC)C(CCC(C)CC)C(C)C)OC. The molecule has 0 amide bonds. The number of ether oxygens (including phenoxy) is 1. The molecule has 0 aliphatic heterocycles. The van der Waals surface area contributed by atoms with Crippen LogP contribution in [0.4, 0.5) is 8.78 Å². The maximum absolute atomic E-state index is 16.5. The third kappa shape index (κ3) is 7.95. The number of allylic oxidation sites excluding steroid dienone is 7. The van der Waals surface area contributed by atoms with Gasteiger partial charge in [0.2, 0.25) is 5.88 Å². The van der Waals surface area contributed by atoms with Gasteiger partial charge < -0.3 is 9.64 Å². The van der Waals surface area contributed by atoms with E-state index in [0.29, 0.717) is 50.2 Å². The first-order valence-corrected chi connectivity index (χ1v) is 17.3. The Labute approximate surface area is 273 Å². The lowest BCUT2D eigenvalue weighted by atomic mass is 9.88. The van der Waals surface area contributed by atoms with E-state index in [4.69, 9.17) is 9.73 Å². The first-order chi connectivity index (χ1) is 21.5. The highest BCUT2D eigenvalue weighted by Gasteiger charge is 2.29. The molecular formula is C38H51F2N3OS. The number of nitriles is 1. The molecule has 0 bridgehead atoms. The Morgan fingerprint density at radius 2 is 1.78 bits per heavy atom. The number of benzene rings is 1. The number of rotatable bonds is 14. The average molecular weight is 636 g/mol. The Morgan fingerprint density at radius 3 is 2.33 bits per heavy atom. The van der Waals surface area contributed by atoms with Crippen LogP contribution in [0.2, 0.25) is 0 Å². The summed E-state index contributed by atoms with van der Waals surface area (Å²) in [5, 5.41) is 10.7. The van der Waals surface area contributed by atoms with E-state index in [-0.39, 0.29) is 17.5 Å². The van der Waals surface area contributed by atoms with Gasteiger partial charge in [0.1, 0.15) is 17.7 Å². The van der Waals surface area contributed by atoms with Crippen LogP contribution in [0.1, 0.15) is 116 Å². The molecule has 0 saturated carbocycles. The fourth-order valence-corrected chi connectivity index (χ4v) is 7.38. The second-order valence-corrected chi connectivity index (χ2v) is 13.5. The van der Waals surface area contributed by atoms with Crippen molar-refractivity contribution < 1.29 is 13.5 Å². The Morgan fingerprint density at radius 1 is 1.07 bits per heavy atom. The molecule has 1 heterocycles. The minimum absolute atomic E-state index is 0.0806. The third-order valence-corrected chi connectivity index (χ3v) is 10.6. The Balaban J connectivity index is 2.31. The van der Waals surface area contributed by atoms with E-state index >= 15 is 8.78 Å². The van der Waals surface area contributed by atoms with Crippen LogP contribution in [0.3, 0.4) is 0 Å². The smallest absolute Gasteiger partial charge is 0.209 e. The highest BCUT2D eigenvalue weighted by Crippen LogP contribution is 2.44. The van der Waals surface area contributed by atoms with Gasteiger partial charge in [0, 0.05) is 39.7 Å². The van der Waals surface area contributed by atoms with Crippen LogP contribution in [0.25, 0.3) is 15.7 Å². The molecule has 3 atom stereocenters. The summed E-state index contributed by atoms with van der Waals surface area (Å²) in [6, 6.07) is 5.57. The second-order valence-electron chi connectivity index (χ2n) is 12.5. The molecule has 45 heavy (non-hydrogen) atoms. The molecule has 1 aliphatic carbocycles. The summed E-state index contributed by atoms with van der Waals surface area (Å²) in [5.41, 5.74) is 3.41. The fraction of sp³-hybridized carbons (Fsp3) is 0.526. The zero-order valence-corrected chi connectivity index (χ0v) is 29.7. The van der Waals surface area contributed by atoms with E-state index in [1.54, 1.807) is 25.3 Å². The molecule has 1 aromatic heterocycles. The number of hydrogen-bond donors (Lipinski definition) is 0. The maximum atomic E-state index is 16.5. The van der Waals surface area contributed by atoms with Gasteiger partial charge in [0.15, 0.2) is 0 Å². The number of halogens is 2. The van der Waals surface area contributed by atoms with Crippen LogP contribution in [0.5, 0.6) is 0 Å². The normalized spacial score (nSPS) is 18.0. The van der Waals surface area contributed by atoms with Crippen LogP contribution in [0, 0.1) is 29.0 Å². The van der Waals surface area contributed by atoms with Gasteiger partial charge >= 0.3 is 0 Å². The van der Waals surface area contributed by atoms with Gasteiger partial charge in [-0.15, -0.1) is 11.3 Å². The van der Waals surface area contributed by atoms with Gasteiger partial charge in [-0.3, -0.25) is 0 Å². The number of methoxy groups -OCH3 is 1. The van der Waals surface area contributed by atoms with Crippen molar-refractivity contribution in [3.63, 3.8) is 0 Å². The minimum Gasteiger partial charge on any atom is -0.481 e. The van der Waals surface area contributed by atoms with Crippen molar-refractivity contribution >= 4 is 32.7 Å². The lowest BCUT2D eigenvalue weighted by Crippen LogP contribution is -2.39. The van der Waals surface area contributed by atoms with Crippen LogP contribution in [-0.2, 0) is 4.74 Å². The van der Waals surface area contributed by atoms with E-state index < -0.39 is 11.6 Å². The highest BCUT2D eigenvalue weighted by atomic mass is 32.1. The summed E-state index contributed by atoms with van der Waals surface area (Å²) in [5.74, 6) is 0.724. The van der Waals surface area contributed by atoms with Crippen molar-refractivity contribution in [2.24, 2.45) is 16.8 Å². The first kappa shape index (κ1) is 36.2. The zero-order valence-electron chi connectivity index (χ0n) is 28.9. The van der Waals surface area contributed by atoms with Crippen LogP contribution in [-0.4, -0.2) is 30.3 Å². The topological polar surface area (TPSA) is 48.6 Å². The molecule has 3 rings (SSSR count). The summed E-state index contributed by atoms with van der Waals surface area (Å²) >= 11 is 1.29. The predicted octanol–water partition coefficient (Wildman–Crippen LogP) is 11.5. The number of aliphatic imine (C=N–C) groups is 1. The maximum Gasteiger partial charge on any atom is 0.209 e. The predicted molar refractivity (Wildman–Crippen MR) is 188 cm³/mol. The fourth-order valence-electron chi connectivity index (χ4n) is 6.06. The molecule has 4 nitrogen and oxygen atoms in total. The van der Waals surface area contributed by atoms with Crippen molar-refractivity contribution in [2.75, 3.05) is 13.7 Å². The van der Waals surface area contributed by atoms with Crippen molar-refractivity contribution in [1.29, 1.82) is 5.26 Å². The highest BCUT2D eigenvalue weighted by molar-refractivity contribution is 7.19. The van der Waals surface area contributed by atoms with Gasteiger partial charge in [0.25, 0.3) is 0 Å². The minimum atomic E-state index is -0.438. The van der Waals surface area contributed by atoms with Crippen molar-refractivity contribution in [3.8, 4) is 6.07 Å². The lowest BCUT2D eigenvalue weighted by Gasteiger charge is -2.38. The van der Waals surface area contributed by atoms with E-state index in [9.17, 15) is 5.26 Å². The molecule has 0 N–H and O–H groups in total. The van der Waals surface area contributed by atoms with Crippen molar-refractivity contribution in [3.05, 3.63) is 75.2 Å². The summed E-state index contributed by atoms with van der Waals surface area (Å²) < 4.78 is 37.7. The van der Waals surface area contributed by atoms with Gasteiger partial charge in [-0.2, -0.15) is 5.26 Å². The van der Waals surface area contributed by atoms with Gasteiger partial charge in [-0.1, -0.05) is 61.0 Å². The number of hydrogen-bond acceptors (Lipinski definition) is 5. The molecule has 0 saturated heterocycles. The van der Waals surface area contributed by atoms with E-state index in [0.717, 1.165) is 49.2 Å². The average Bonchev–Trinajstić information content (AvgIpc) is 3.43. The molecule has 2 aromatic rings. The summed E-state index contributed by atoms with van der Waals surface area (Å²) in [4.78, 5) is 8.11. The molecule has 3 unspecified atom stereocenters. The Kier molecular flexibility index (Phi) is 13.2. The van der Waals surface area contributed by atoms with Crippen molar-refractivity contribution in [1.82, 2.24) is 4.90 Å². The quantitative estimate of drug-likeness (QED) is 0.194. The molecular weight excluding hydrogens is 585 g/mol. The Bertz CT molecular complexity index is 1550. The van der Waals surface area contributed by atoms with Crippen LogP contribution in [0.15, 0.2) is 58.3 Å². The standard InChI is InChI=1S/C38H51F2N3OS/c1-11-15-35(44-10)42-33-21-29(27-17-18-31(39)38-36(27)30(22-41)37(45-38)25(8)13-3)32(40)20-28(33)26(9)43(14-4)34(23(5)6)19-16-24(7)12-2/h15,17-18,20-21,23-25,34H,11-14,16,19H2,1-10H3/b28-26+,35-15-,42-33-. The monoisotopic (exact) mass is 635 g/mol. The summed E-state index contributed by atoms with van der Waals surface area (Å²) in [6.45, 7) is 20.1. The molecule has 244 valence electrons. The van der Waals surface area contributed by atoms with Gasteiger partial charge in [-0.25, -0.2) is 13.8 Å². The summed E-state index contributed by atoms with van der Waals surface area (Å²) in [7, 11) is 1.58.